The predicted molar refractivity (Wildman–Crippen MR) is 43.4 cm³/mol. The van der Waals surface area contributed by atoms with Crippen LogP contribution in [0.2, 0.25) is 0 Å². The molecule has 1 N–H and O–H groups in total. The third kappa shape index (κ3) is 1.54. The van der Waals surface area contributed by atoms with E-state index in [4.69, 9.17) is 4.74 Å². The molecule has 54 valence electrons. The number of nitrogens with zero attached hydrogens (tertiary/aromatic N) is 1. The Labute approximate surface area is 65.0 Å². The van der Waals surface area contributed by atoms with E-state index in [0.29, 0.717) is 5.88 Å². The summed E-state index contributed by atoms with van der Waals surface area (Å²) in [5.41, 5.74) is 0.851. The number of aromatic nitrogens is 1. The summed E-state index contributed by atoms with van der Waals surface area (Å²) < 4.78 is 7.50. The molecule has 0 bridgehead atoms. The van der Waals surface area contributed by atoms with Crippen molar-refractivity contribution < 1.29 is 4.74 Å². The van der Waals surface area contributed by atoms with Gasteiger partial charge in [0.15, 0.2) is 0 Å². The van der Waals surface area contributed by atoms with Crippen LogP contribution in [0.25, 0.3) is 0 Å². The molecule has 0 spiro atoms. The molecule has 3 nitrogen and oxygen atoms in total. The molecule has 1 heterocycles. The smallest absolute Gasteiger partial charge is 0.213 e. The van der Waals surface area contributed by atoms with E-state index in [1.807, 2.05) is 6.07 Å². The van der Waals surface area contributed by atoms with Gasteiger partial charge in [-0.25, -0.2) is 4.98 Å². The van der Waals surface area contributed by atoms with E-state index in [1.54, 1.807) is 19.4 Å². The fraction of sp³-hybridized carbons (Fsp3) is 0.167. The first-order chi connectivity index (χ1) is 4.86. The van der Waals surface area contributed by atoms with E-state index < -0.39 is 0 Å². The lowest BCUT2D eigenvalue weighted by Crippen LogP contribution is -1.87. The van der Waals surface area contributed by atoms with Crippen molar-refractivity contribution in [3.8, 4) is 5.88 Å². The predicted octanol–water partition coefficient (Wildman–Crippen LogP) is 1.35. The number of methoxy groups -OCH3 is 1. The minimum Gasteiger partial charge on any atom is -0.481 e. The van der Waals surface area contributed by atoms with Gasteiger partial charge in [0, 0.05) is 6.07 Å². The second-order valence-electron chi connectivity index (χ2n) is 1.70. The highest BCUT2D eigenvalue weighted by Gasteiger charge is 1.90. The second-order valence-corrected chi connectivity index (χ2v) is 1.92. The Bertz CT molecular complexity index is 176. The Morgan fingerprint density at radius 3 is 2.80 bits per heavy atom. The number of pyridine rings is 1. The van der Waals surface area contributed by atoms with E-state index in [1.165, 1.54) is 0 Å². The molecule has 0 aliphatic carbocycles. The largest absolute Gasteiger partial charge is 0.481 e. The van der Waals surface area contributed by atoms with E-state index >= 15 is 0 Å². The SMILES string of the molecule is COc1ccc(NS)cn1. The van der Waals surface area contributed by atoms with Crippen molar-refractivity contribution in [2.75, 3.05) is 11.8 Å². The molecule has 0 saturated heterocycles. The van der Waals surface area contributed by atoms with Crippen molar-refractivity contribution in [3.63, 3.8) is 0 Å². The Balaban J connectivity index is 2.80. The first-order valence-electron chi connectivity index (χ1n) is 2.77. The quantitative estimate of drug-likeness (QED) is 0.634. The monoisotopic (exact) mass is 156 g/mol. The van der Waals surface area contributed by atoms with E-state index in [2.05, 4.69) is 22.5 Å². The van der Waals surface area contributed by atoms with Gasteiger partial charge in [0.25, 0.3) is 0 Å². The number of nitrogens with one attached hydrogen (secondary N) is 1. The minimum absolute atomic E-state index is 0.604. The lowest BCUT2D eigenvalue weighted by atomic mass is 10.4. The second kappa shape index (κ2) is 3.31. The number of anilines is 1. The summed E-state index contributed by atoms with van der Waals surface area (Å²) in [4.78, 5) is 3.93. The van der Waals surface area contributed by atoms with Crippen molar-refractivity contribution >= 4 is 18.5 Å². The lowest BCUT2D eigenvalue weighted by molar-refractivity contribution is 0.398. The van der Waals surface area contributed by atoms with Crippen LogP contribution >= 0.6 is 12.8 Å². The minimum atomic E-state index is 0.604. The molecule has 0 aromatic carbocycles. The maximum Gasteiger partial charge on any atom is 0.213 e. The van der Waals surface area contributed by atoms with Crippen LogP contribution < -0.4 is 9.46 Å². The highest BCUT2D eigenvalue weighted by molar-refractivity contribution is 7.81. The van der Waals surface area contributed by atoms with Crippen molar-refractivity contribution in [1.82, 2.24) is 4.98 Å². The van der Waals surface area contributed by atoms with Gasteiger partial charge in [-0.1, -0.05) is 12.8 Å². The van der Waals surface area contributed by atoms with Gasteiger partial charge in [0.1, 0.15) is 0 Å². The fourth-order valence-corrected chi connectivity index (χ4v) is 0.699. The van der Waals surface area contributed by atoms with Crippen molar-refractivity contribution in [2.24, 2.45) is 0 Å². The number of ether oxygens (including phenoxy) is 1. The lowest BCUT2D eigenvalue weighted by Gasteiger charge is -1.99. The first-order valence-corrected chi connectivity index (χ1v) is 3.21. The summed E-state index contributed by atoms with van der Waals surface area (Å²) in [6.45, 7) is 0. The Morgan fingerprint density at radius 2 is 2.40 bits per heavy atom. The number of thiol groups is 1. The van der Waals surface area contributed by atoms with E-state index in [-0.39, 0.29) is 0 Å². The van der Waals surface area contributed by atoms with Gasteiger partial charge in [0.05, 0.1) is 19.0 Å². The van der Waals surface area contributed by atoms with Gasteiger partial charge < -0.3 is 9.46 Å². The zero-order chi connectivity index (χ0) is 7.40. The topological polar surface area (TPSA) is 34.1 Å². The molecule has 1 aromatic rings. The van der Waals surface area contributed by atoms with Gasteiger partial charge in [-0.3, -0.25) is 0 Å². The van der Waals surface area contributed by atoms with Crippen molar-refractivity contribution in [2.45, 2.75) is 0 Å². The molecule has 0 fully saturated rings. The third-order valence-corrected chi connectivity index (χ3v) is 1.33. The van der Waals surface area contributed by atoms with E-state index in [9.17, 15) is 0 Å². The molecule has 0 aliphatic heterocycles. The van der Waals surface area contributed by atoms with Crippen LogP contribution in [0.3, 0.4) is 0 Å². The van der Waals surface area contributed by atoms with Gasteiger partial charge >= 0.3 is 0 Å². The molecular weight excluding hydrogens is 148 g/mol. The van der Waals surface area contributed by atoms with Gasteiger partial charge in [-0.15, -0.1) is 0 Å². The summed E-state index contributed by atoms with van der Waals surface area (Å²) >= 11 is 3.84. The zero-order valence-corrected chi connectivity index (χ0v) is 6.43. The average Bonchev–Trinajstić information content (AvgIpc) is 2.05. The molecule has 0 aliphatic rings. The zero-order valence-electron chi connectivity index (χ0n) is 5.53. The van der Waals surface area contributed by atoms with Crippen LogP contribution in [0.4, 0.5) is 5.69 Å². The van der Waals surface area contributed by atoms with Gasteiger partial charge in [0.2, 0.25) is 5.88 Å². The first kappa shape index (κ1) is 7.21. The van der Waals surface area contributed by atoms with Crippen molar-refractivity contribution in [3.05, 3.63) is 18.3 Å². The van der Waals surface area contributed by atoms with E-state index in [0.717, 1.165) is 5.69 Å². The van der Waals surface area contributed by atoms with Crippen LogP contribution in [0.15, 0.2) is 18.3 Å². The fourth-order valence-electron chi connectivity index (χ4n) is 0.567. The number of rotatable bonds is 2. The van der Waals surface area contributed by atoms with Crippen molar-refractivity contribution in [1.29, 1.82) is 0 Å². The summed E-state index contributed by atoms with van der Waals surface area (Å²) in [7, 11) is 1.58. The Hall–Kier alpha value is -0.900. The summed E-state index contributed by atoms with van der Waals surface area (Å²) in [5, 5.41) is 0. The maximum atomic E-state index is 4.85. The molecule has 0 radical (unpaired) electrons. The molecule has 0 unspecified atom stereocenters. The molecule has 0 atom stereocenters. The van der Waals surface area contributed by atoms with Crippen LogP contribution in [0, 0.1) is 0 Å². The normalized spacial score (nSPS) is 9.00. The molecule has 0 amide bonds. The van der Waals surface area contributed by atoms with Gasteiger partial charge in [-0.2, -0.15) is 0 Å². The summed E-state index contributed by atoms with van der Waals surface area (Å²) in [6, 6.07) is 3.59. The molecular formula is C6H8N2OS. The molecule has 1 aromatic heterocycles. The van der Waals surface area contributed by atoms with Crippen LogP contribution in [-0.2, 0) is 0 Å². The number of hydrogen-bond acceptors (Lipinski definition) is 4. The molecule has 4 heteroatoms. The highest BCUT2D eigenvalue weighted by Crippen LogP contribution is 2.10. The Morgan fingerprint density at radius 1 is 1.60 bits per heavy atom. The highest BCUT2D eigenvalue weighted by atomic mass is 32.1. The van der Waals surface area contributed by atoms with Crippen LogP contribution in [-0.4, -0.2) is 12.1 Å². The molecule has 0 saturated carbocycles. The standard InChI is InChI=1S/C6H8N2OS/c1-9-6-3-2-5(8-10)4-7-6/h2-4,8,10H,1H3. The number of hydrogen-bond donors (Lipinski definition) is 2. The molecule has 1 rings (SSSR count). The third-order valence-electron chi connectivity index (χ3n) is 1.07. The average molecular weight is 156 g/mol. The molecule has 10 heavy (non-hydrogen) atoms. The van der Waals surface area contributed by atoms with Gasteiger partial charge in [-0.05, 0) is 6.07 Å². The maximum absolute atomic E-state index is 4.85. The summed E-state index contributed by atoms with van der Waals surface area (Å²) in [6.07, 6.45) is 1.64. The van der Waals surface area contributed by atoms with Crippen LogP contribution in [0.1, 0.15) is 0 Å². The van der Waals surface area contributed by atoms with Crippen LogP contribution in [0.5, 0.6) is 5.88 Å². The Kier molecular flexibility index (Phi) is 2.39. The summed E-state index contributed by atoms with van der Waals surface area (Å²) in [5.74, 6) is 0.604.